The monoisotopic (exact) mass is 318 g/mol. The number of carbonyl (C=O) groups is 1. The summed E-state index contributed by atoms with van der Waals surface area (Å²) in [6.45, 7) is 3.49. The quantitative estimate of drug-likeness (QED) is 0.540. The van der Waals surface area contributed by atoms with E-state index in [1.165, 1.54) is 0 Å². The Bertz CT molecular complexity index is 481. The van der Waals surface area contributed by atoms with Gasteiger partial charge in [0.25, 0.3) is 0 Å². The average molecular weight is 318 g/mol. The number of para-hydroxylation sites is 1. The molecule has 0 radical (unpaired) electrons. The second kappa shape index (κ2) is 8.37. The molecule has 0 spiro atoms. The minimum absolute atomic E-state index is 0.290. The summed E-state index contributed by atoms with van der Waals surface area (Å²) in [6, 6.07) is 6.73. The minimum atomic E-state index is -2.90. The van der Waals surface area contributed by atoms with Crippen molar-refractivity contribution in [2.24, 2.45) is 0 Å². The Morgan fingerprint density at radius 1 is 1.10 bits per heavy atom. The number of benzene rings is 1. The van der Waals surface area contributed by atoms with E-state index in [9.17, 15) is 4.79 Å². The van der Waals surface area contributed by atoms with E-state index >= 15 is 0 Å². The van der Waals surface area contributed by atoms with Crippen LogP contribution in [0.4, 0.5) is 0 Å². The normalized spacial score (nSPS) is 11.2. The van der Waals surface area contributed by atoms with E-state index < -0.39 is 12.7 Å². The molecule has 0 saturated heterocycles. The van der Waals surface area contributed by atoms with Crippen molar-refractivity contribution in [1.29, 1.82) is 0 Å². The Morgan fingerprint density at radius 2 is 1.70 bits per heavy atom. The molecule has 0 bridgehead atoms. The maximum atomic E-state index is 11.9. The fraction of sp³-hybridized carbons (Fsp3) is 0.462. The first-order chi connectivity index (χ1) is 9.56. The van der Waals surface area contributed by atoms with Gasteiger partial charge in [-0.25, -0.2) is 4.79 Å². The largest absolute Gasteiger partial charge is 0.462 e. The first kappa shape index (κ1) is 17.1. The number of carbonyl (C=O) groups excluding carboxylic acids is 1. The van der Waals surface area contributed by atoms with Crippen LogP contribution in [-0.4, -0.2) is 25.8 Å². The second-order valence-electron chi connectivity index (χ2n) is 3.59. The first-order valence-electron chi connectivity index (χ1n) is 6.41. The van der Waals surface area contributed by atoms with E-state index in [1.807, 2.05) is 0 Å². The summed E-state index contributed by atoms with van der Waals surface area (Å²) >= 11 is 5.29. The van der Waals surface area contributed by atoms with Crippen LogP contribution in [0.5, 0.6) is 5.75 Å². The van der Waals surface area contributed by atoms with Crippen molar-refractivity contribution < 1.29 is 23.1 Å². The summed E-state index contributed by atoms with van der Waals surface area (Å²) < 4.78 is 21.4. The van der Waals surface area contributed by atoms with E-state index in [4.69, 9.17) is 30.1 Å². The molecule has 5 nitrogen and oxygen atoms in total. The van der Waals surface area contributed by atoms with Gasteiger partial charge < -0.3 is 9.26 Å². The summed E-state index contributed by atoms with van der Waals surface area (Å²) in [5, 5.41) is 0. The number of hydrogen-bond acceptors (Lipinski definition) is 6. The predicted molar refractivity (Wildman–Crippen MR) is 80.6 cm³/mol. The fourth-order valence-electron chi connectivity index (χ4n) is 1.45. The molecular formula is C13H19O5PS. The Labute approximate surface area is 124 Å². The first-order valence-corrected chi connectivity index (χ1v) is 8.96. The van der Waals surface area contributed by atoms with Crippen LogP contribution in [0.3, 0.4) is 0 Å². The van der Waals surface area contributed by atoms with E-state index in [0.29, 0.717) is 24.5 Å². The molecule has 0 amide bonds. The third-order valence-electron chi connectivity index (χ3n) is 2.17. The predicted octanol–water partition coefficient (Wildman–Crippen LogP) is 3.54. The Balaban J connectivity index is 3.01. The van der Waals surface area contributed by atoms with Crippen LogP contribution in [-0.2, 0) is 25.6 Å². The van der Waals surface area contributed by atoms with Gasteiger partial charge in [0.2, 0.25) is 0 Å². The Morgan fingerprint density at radius 3 is 2.25 bits per heavy atom. The molecule has 0 aliphatic heterocycles. The lowest BCUT2D eigenvalue weighted by Gasteiger charge is -2.22. The second-order valence-corrected chi connectivity index (χ2v) is 6.53. The smallest absolute Gasteiger partial charge is 0.380 e. The molecule has 0 heterocycles. The van der Waals surface area contributed by atoms with E-state index in [2.05, 4.69) is 0 Å². The molecule has 0 aliphatic carbocycles. The lowest BCUT2D eigenvalue weighted by atomic mass is 10.2. The molecule has 1 aromatic carbocycles. The zero-order valence-corrected chi connectivity index (χ0v) is 13.5. The Kier molecular flexibility index (Phi) is 7.16. The van der Waals surface area contributed by atoms with Crippen molar-refractivity contribution in [2.75, 3.05) is 19.8 Å². The molecule has 112 valence electrons. The van der Waals surface area contributed by atoms with Crippen molar-refractivity contribution in [3.8, 4) is 5.75 Å². The molecule has 7 heteroatoms. The molecule has 0 atom stereocenters. The average Bonchev–Trinajstić information content (AvgIpc) is 2.40. The summed E-state index contributed by atoms with van der Waals surface area (Å²) in [5.41, 5.74) is 0.308. The minimum Gasteiger partial charge on any atom is -0.462 e. The number of ether oxygens (including phenoxy) is 1. The van der Waals surface area contributed by atoms with Gasteiger partial charge in [-0.3, -0.25) is 9.05 Å². The van der Waals surface area contributed by atoms with Crippen LogP contribution < -0.4 is 4.52 Å². The lowest BCUT2D eigenvalue weighted by molar-refractivity contribution is 0.0524. The topological polar surface area (TPSA) is 54.0 Å². The third kappa shape index (κ3) is 4.87. The third-order valence-corrected chi connectivity index (χ3v) is 4.59. The highest BCUT2D eigenvalue weighted by molar-refractivity contribution is 8.07. The zero-order valence-electron chi connectivity index (χ0n) is 11.8. The number of esters is 1. The van der Waals surface area contributed by atoms with Gasteiger partial charge in [0.15, 0.2) is 0 Å². The number of rotatable bonds is 8. The van der Waals surface area contributed by atoms with E-state index in [-0.39, 0.29) is 6.61 Å². The molecule has 20 heavy (non-hydrogen) atoms. The van der Waals surface area contributed by atoms with Crippen LogP contribution in [0, 0.1) is 0 Å². The number of hydrogen-bond donors (Lipinski definition) is 0. The van der Waals surface area contributed by atoms with Crippen LogP contribution in [0.15, 0.2) is 24.3 Å². The molecule has 1 rings (SSSR count). The Hall–Kier alpha value is -0.940. The van der Waals surface area contributed by atoms with Crippen molar-refractivity contribution in [1.82, 2.24) is 0 Å². The molecule has 0 aromatic heterocycles. The van der Waals surface area contributed by atoms with Gasteiger partial charge in [-0.05, 0) is 32.9 Å². The molecule has 0 N–H and O–H groups in total. The standard InChI is InChI=1S/C13H19O5PS/c1-4-15-13(14)11-9-7-8-10-12(11)18-19(20,16-5-2)17-6-3/h7-10H,4-6H2,1-3H3. The van der Waals surface area contributed by atoms with E-state index in [1.54, 1.807) is 45.0 Å². The molecular weight excluding hydrogens is 299 g/mol. The van der Waals surface area contributed by atoms with Crippen LogP contribution in [0.2, 0.25) is 0 Å². The molecule has 1 aromatic rings. The molecule has 0 aliphatic rings. The highest BCUT2D eigenvalue weighted by Crippen LogP contribution is 2.50. The summed E-state index contributed by atoms with van der Waals surface area (Å²) in [6.07, 6.45) is 0. The van der Waals surface area contributed by atoms with Gasteiger partial charge in [-0.15, -0.1) is 0 Å². The van der Waals surface area contributed by atoms with Crippen molar-refractivity contribution in [3.05, 3.63) is 29.8 Å². The SMILES string of the molecule is CCOC(=O)c1ccccc1OP(=S)(OCC)OCC. The summed E-state index contributed by atoms with van der Waals surface area (Å²) in [4.78, 5) is 11.9. The van der Waals surface area contributed by atoms with Gasteiger partial charge >= 0.3 is 12.7 Å². The van der Waals surface area contributed by atoms with Gasteiger partial charge in [0.1, 0.15) is 11.3 Å². The molecule has 0 unspecified atom stereocenters. The maximum absolute atomic E-state index is 11.9. The van der Waals surface area contributed by atoms with Crippen molar-refractivity contribution in [3.63, 3.8) is 0 Å². The highest BCUT2D eigenvalue weighted by Gasteiger charge is 2.24. The van der Waals surface area contributed by atoms with Gasteiger partial charge in [0, 0.05) is 11.8 Å². The summed E-state index contributed by atoms with van der Waals surface area (Å²) in [5.74, 6) is -0.145. The zero-order chi connectivity index (χ0) is 15.0. The van der Waals surface area contributed by atoms with Crippen LogP contribution in [0.25, 0.3) is 0 Å². The van der Waals surface area contributed by atoms with Gasteiger partial charge in [0.05, 0.1) is 19.8 Å². The molecule has 0 saturated carbocycles. The summed E-state index contributed by atoms with van der Waals surface area (Å²) in [7, 11) is 0. The van der Waals surface area contributed by atoms with Crippen LogP contribution in [0.1, 0.15) is 31.1 Å². The highest BCUT2D eigenvalue weighted by atomic mass is 32.5. The van der Waals surface area contributed by atoms with Crippen molar-refractivity contribution >= 4 is 24.5 Å². The van der Waals surface area contributed by atoms with Gasteiger partial charge in [-0.2, -0.15) is 0 Å². The lowest BCUT2D eigenvalue weighted by Crippen LogP contribution is -2.09. The van der Waals surface area contributed by atoms with E-state index in [0.717, 1.165) is 0 Å². The van der Waals surface area contributed by atoms with Gasteiger partial charge in [-0.1, -0.05) is 12.1 Å². The van der Waals surface area contributed by atoms with Crippen LogP contribution >= 0.6 is 6.72 Å². The fourth-order valence-corrected chi connectivity index (χ4v) is 3.54. The molecule has 0 fully saturated rings. The maximum Gasteiger partial charge on any atom is 0.380 e. The van der Waals surface area contributed by atoms with Crippen molar-refractivity contribution in [2.45, 2.75) is 20.8 Å².